The van der Waals surface area contributed by atoms with Gasteiger partial charge in [-0.15, -0.1) is 0 Å². The monoisotopic (exact) mass is 353 g/mol. The van der Waals surface area contributed by atoms with E-state index in [4.69, 9.17) is 5.73 Å². The van der Waals surface area contributed by atoms with Crippen LogP contribution in [-0.2, 0) is 4.79 Å². The van der Waals surface area contributed by atoms with Gasteiger partial charge in [-0.1, -0.05) is 0 Å². The lowest BCUT2D eigenvalue weighted by Crippen LogP contribution is -2.41. The number of anilines is 2. The number of benzene rings is 1. The molecule has 7 heteroatoms. The number of aryl methyl sites for hydroxylation is 2. The summed E-state index contributed by atoms with van der Waals surface area (Å²) in [4.78, 5) is 34.3. The van der Waals surface area contributed by atoms with Crippen LogP contribution in [0.4, 0.5) is 11.6 Å². The first-order valence-corrected chi connectivity index (χ1v) is 8.70. The van der Waals surface area contributed by atoms with Gasteiger partial charge in [0.25, 0.3) is 5.91 Å². The van der Waals surface area contributed by atoms with Gasteiger partial charge in [-0.3, -0.25) is 9.59 Å². The molecule has 2 heterocycles. The smallest absolute Gasteiger partial charge is 0.253 e. The van der Waals surface area contributed by atoms with Crippen LogP contribution >= 0.6 is 0 Å². The lowest BCUT2D eigenvalue weighted by molar-refractivity contribution is -0.123. The van der Waals surface area contributed by atoms with E-state index in [0.29, 0.717) is 37.4 Å². The topological polar surface area (TPSA) is 101 Å². The second kappa shape index (κ2) is 7.51. The molecule has 1 aromatic heterocycles. The molecule has 0 aliphatic carbocycles. The van der Waals surface area contributed by atoms with Crippen LogP contribution in [0.5, 0.6) is 0 Å². The highest BCUT2D eigenvalue weighted by Gasteiger charge is 2.26. The Hall–Kier alpha value is -2.96. The molecular formula is C19H23N5O2. The number of nitrogens with two attached hydrogens (primary N) is 1. The number of rotatable bonds is 4. The number of likely N-dealkylation sites (tertiary alicyclic amines) is 1. The number of nitrogens with one attached hydrogen (secondary N) is 1. The molecule has 2 amide bonds. The number of piperidine rings is 1. The van der Waals surface area contributed by atoms with Gasteiger partial charge in [0, 0.05) is 41.6 Å². The predicted molar refractivity (Wildman–Crippen MR) is 99.1 cm³/mol. The summed E-state index contributed by atoms with van der Waals surface area (Å²) in [7, 11) is 0. The molecule has 0 bridgehead atoms. The zero-order chi connectivity index (χ0) is 18.7. The van der Waals surface area contributed by atoms with E-state index in [1.54, 1.807) is 17.0 Å². The average molecular weight is 353 g/mol. The Morgan fingerprint density at radius 2 is 1.65 bits per heavy atom. The number of primary amides is 1. The number of nitrogens with zero attached hydrogens (tertiary/aromatic N) is 3. The van der Waals surface area contributed by atoms with Crippen molar-refractivity contribution in [1.82, 2.24) is 14.9 Å². The molecule has 136 valence electrons. The molecule has 0 unspecified atom stereocenters. The maximum atomic E-state index is 12.6. The predicted octanol–water partition coefficient (Wildman–Crippen LogP) is 2.17. The van der Waals surface area contributed by atoms with Crippen molar-refractivity contribution in [3.05, 3.63) is 47.3 Å². The highest BCUT2D eigenvalue weighted by atomic mass is 16.2. The average Bonchev–Trinajstić information content (AvgIpc) is 2.61. The van der Waals surface area contributed by atoms with Crippen LogP contribution in [0, 0.1) is 19.8 Å². The summed E-state index contributed by atoms with van der Waals surface area (Å²) in [6.45, 7) is 4.96. The molecule has 0 atom stereocenters. The molecule has 1 aromatic carbocycles. The normalized spacial score (nSPS) is 14.9. The fourth-order valence-corrected chi connectivity index (χ4v) is 3.16. The van der Waals surface area contributed by atoms with Gasteiger partial charge >= 0.3 is 0 Å². The first-order valence-electron chi connectivity index (χ1n) is 8.70. The summed E-state index contributed by atoms with van der Waals surface area (Å²) >= 11 is 0. The van der Waals surface area contributed by atoms with Crippen molar-refractivity contribution in [2.75, 3.05) is 18.4 Å². The van der Waals surface area contributed by atoms with Crippen molar-refractivity contribution in [1.29, 1.82) is 0 Å². The van der Waals surface area contributed by atoms with E-state index in [2.05, 4.69) is 15.3 Å². The van der Waals surface area contributed by atoms with E-state index >= 15 is 0 Å². The van der Waals surface area contributed by atoms with Crippen molar-refractivity contribution in [3.8, 4) is 0 Å². The maximum absolute atomic E-state index is 12.6. The largest absolute Gasteiger partial charge is 0.369 e. The minimum Gasteiger partial charge on any atom is -0.369 e. The Labute approximate surface area is 152 Å². The third kappa shape index (κ3) is 4.17. The lowest BCUT2D eigenvalue weighted by atomic mass is 9.96. The summed E-state index contributed by atoms with van der Waals surface area (Å²) in [5, 5.41) is 3.15. The molecule has 1 aliphatic rings. The van der Waals surface area contributed by atoms with Gasteiger partial charge in [0.1, 0.15) is 0 Å². The molecule has 1 saturated heterocycles. The SMILES string of the molecule is Cc1cc(C)nc(Nc2ccc(C(=O)N3CCC(C(N)=O)CC3)cc2)n1. The lowest BCUT2D eigenvalue weighted by Gasteiger charge is -2.30. The molecule has 3 N–H and O–H groups in total. The van der Waals surface area contributed by atoms with Crippen LogP contribution in [0.15, 0.2) is 30.3 Å². The molecule has 3 rings (SSSR count). The molecule has 0 saturated carbocycles. The minimum absolute atomic E-state index is 0.0258. The van der Waals surface area contributed by atoms with E-state index in [0.717, 1.165) is 17.1 Å². The zero-order valence-corrected chi connectivity index (χ0v) is 15.0. The summed E-state index contributed by atoms with van der Waals surface area (Å²) in [6.07, 6.45) is 1.26. The highest BCUT2D eigenvalue weighted by Crippen LogP contribution is 2.20. The molecular weight excluding hydrogens is 330 g/mol. The van der Waals surface area contributed by atoms with Gasteiger partial charge in [-0.05, 0) is 57.0 Å². The fourth-order valence-electron chi connectivity index (χ4n) is 3.16. The van der Waals surface area contributed by atoms with Crippen molar-refractivity contribution in [3.63, 3.8) is 0 Å². The number of carbonyl (C=O) groups excluding carboxylic acids is 2. The Morgan fingerprint density at radius 3 is 2.19 bits per heavy atom. The third-order valence-electron chi connectivity index (χ3n) is 4.55. The highest BCUT2D eigenvalue weighted by molar-refractivity contribution is 5.94. The Bertz CT molecular complexity index is 791. The van der Waals surface area contributed by atoms with Crippen LogP contribution in [0.2, 0.25) is 0 Å². The summed E-state index contributed by atoms with van der Waals surface area (Å²) < 4.78 is 0. The fraction of sp³-hybridized carbons (Fsp3) is 0.368. The summed E-state index contributed by atoms with van der Waals surface area (Å²) in [6, 6.07) is 9.16. The van der Waals surface area contributed by atoms with Gasteiger partial charge in [-0.2, -0.15) is 0 Å². The van der Waals surface area contributed by atoms with Gasteiger partial charge < -0.3 is 16.0 Å². The van der Waals surface area contributed by atoms with Crippen LogP contribution in [0.25, 0.3) is 0 Å². The summed E-state index contributed by atoms with van der Waals surface area (Å²) in [5.74, 6) is 0.113. The van der Waals surface area contributed by atoms with Gasteiger partial charge in [0.05, 0.1) is 0 Å². The Kier molecular flexibility index (Phi) is 5.16. The van der Waals surface area contributed by atoms with Crippen molar-refractivity contribution < 1.29 is 9.59 Å². The number of hydrogen-bond acceptors (Lipinski definition) is 5. The Balaban J connectivity index is 1.64. The number of hydrogen-bond donors (Lipinski definition) is 2. The molecule has 1 aliphatic heterocycles. The number of carbonyl (C=O) groups is 2. The number of amides is 2. The van der Waals surface area contributed by atoms with Gasteiger partial charge in [0.15, 0.2) is 0 Å². The molecule has 2 aromatic rings. The molecule has 0 radical (unpaired) electrons. The van der Waals surface area contributed by atoms with Crippen molar-refractivity contribution >= 4 is 23.5 Å². The first kappa shape index (κ1) is 17.8. The van der Waals surface area contributed by atoms with Crippen LogP contribution in [-0.4, -0.2) is 39.8 Å². The summed E-state index contributed by atoms with van der Waals surface area (Å²) in [5.41, 5.74) is 8.57. The van der Waals surface area contributed by atoms with E-state index in [1.807, 2.05) is 32.0 Å². The second-order valence-corrected chi connectivity index (χ2v) is 6.65. The zero-order valence-electron chi connectivity index (χ0n) is 15.0. The van der Waals surface area contributed by atoms with Crippen LogP contribution in [0.1, 0.15) is 34.6 Å². The van der Waals surface area contributed by atoms with E-state index < -0.39 is 0 Å². The number of aromatic nitrogens is 2. The molecule has 7 nitrogen and oxygen atoms in total. The van der Waals surface area contributed by atoms with Crippen molar-refractivity contribution in [2.24, 2.45) is 11.7 Å². The van der Waals surface area contributed by atoms with Gasteiger partial charge in [-0.25, -0.2) is 9.97 Å². The van der Waals surface area contributed by atoms with Crippen LogP contribution < -0.4 is 11.1 Å². The van der Waals surface area contributed by atoms with Crippen LogP contribution in [0.3, 0.4) is 0 Å². The molecule has 0 spiro atoms. The second-order valence-electron chi connectivity index (χ2n) is 6.65. The maximum Gasteiger partial charge on any atom is 0.253 e. The quantitative estimate of drug-likeness (QED) is 0.877. The molecule has 1 fully saturated rings. The third-order valence-corrected chi connectivity index (χ3v) is 4.55. The van der Waals surface area contributed by atoms with E-state index in [9.17, 15) is 9.59 Å². The standard InChI is InChI=1S/C19H23N5O2/c1-12-11-13(2)22-19(21-12)23-16-5-3-15(4-6-16)18(26)24-9-7-14(8-10-24)17(20)25/h3-6,11,14H,7-10H2,1-2H3,(H2,20,25)(H,21,22,23). The van der Waals surface area contributed by atoms with Crippen molar-refractivity contribution in [2.45, 2.75) is 26.7 Å². The first-order chi connectivity index (χ1) is 12.4. The molecule has 26 heavy (non-hydrogen) atoms. The van der Waals surface area contributed by atoms with E-state index in [1.165, 1.54) is 0 Å². The van der Waals surface area contributed by atoms with E-state index in [-0.39, 0.29) is 17.7 Å². The minimum atomic E-state index is -0.277. The van der Waals surface area contributed by atoms with Gasteiger partial charge in [0.2, 0.25) is 11.9 Å². The Morgan fingerprint density at radius 1 is 1.08 bits per heavy atom.